The molecular weight excluding hydrogens is 246 g/mol. The zero-order chi connectivity index (χ0) is 13.9. The fourth-order valence-corrected chi connectivity index (χ4v) is 4.17. The lowest BCUT2D eigenvalue weighted by atomic mass is 9.92. The van der Waals surface area contributed by atoms with Gasteiger partial charge >= 0.3 is 0 Å². The van der Waals surface area contributed by atoms with E-state index in [4.69, 9.17) is 10.8 Å². The molecule has 1 heterocycles. The van der Waals surface area contributed by atoms with Crippen LogP contribution >= 0.6 is 0 Å². The van der Waals surface area contributed by atoms with E-state index in [0.29, 0.717) is 11.8 Å². The molecule has 4 rings (SSSR count). The van der Waals surface area contributed by atoms with Crippen molar-refractivity contribution in [3.63, 3.8) is 0 Å². The third-order valence-electron chi connectivity index (χ3n) is 5.22. The second kappa shape index (κ2) is 4.11. The Kier molecular flexibility index (Phi) is 2.47. The van der Waals surface area contributed by atoms with Crippen molar-refractivity contribution in [3.05, 3.63) is 46.6 Å². The predicted octanol–water partition coefficient (Wildman–Crippen LogP) is 3.01. The Morgan fingerprint density at radius 2 is 2.10 bits per heavy atom. The molecule has 1 saturated carbocycles. The Morgan fingerprint density at radius 1 is 1.30 bits per heavy atom. The van der Waals surface area contributed by atoms with Gasteiger partial charge in [-0.05, 0) is 42.2 Å². The van der Waals surface area contributed by atoms with E-state index in [1.54, 1.807) is 11.1 Å². The van der Waals surface area contributed by atoms with Gasteiger partial charge < -0.3 is 5.73 Å². The van der Waals surface area contributed by atoms with Gasteiger partial charge in [0.15, 0.2) is 0 Å². The Bertz CT molecular complexity index is 671. The number of benzene rings is 1. The van der Waals surface area contributed by atoms with E-state index < -0.39 is 0 Å². The van der Waals surface area contributed by atoms with Crippen molar-refractivity contribution in [3.8, 4) is 0 Å². The van der Waals surface area contributed by atoms with Crippen LogP contribution in [0.25, 0.3) is 0 Å². The molecule has 2 aliphatic rings. The van der Waals surface area contributed by atoms with Gasteiger partial charge in [-0.25, -0.2) is 0 Å². The van der Waals surface area contributed by atoms with Crippen LogP contribution in [0.4, 0.5) is 5.82 Å². The SMILES string of the molecule is CCc1c(C2C3CCc4ccccc4C32)nn(C)c1N. The quantitative estimate of drug-likeness (QED) is 0.909. The van der Waals surface area contributed by atoms with Crippen LogP contribution in [-0.4, -0.2) is 9.78 Å². The molecule has 3 unspecified atom stereocenters. The van der Waals surface area contributed by atoms with Crippen molar-refractivity contribution >= 4 is 5.82 Å². The van der Waals surface area contributed by atoms with Gasteiger partial charge in [-0.1, -0.05) is 31.2 Å². The summed E-state index contributed by atoms with van der Waals surface area (Å²) in [5.41, 5.74) is 11.8. The lowest BCUT2D eigenvalue weighted by Gasteiger charge is -2.13. The number of fused-ring (bicyclic) bond motifs is 3. The minimum Gasteiger partial charge on any atom is -0.384 e. The number of nitrogens with two attached hydrogens (primary N) is 1. The monoisotopic (exact) mass is 267 g/mol. The van der Waals surface area contributed by atoms with Crippen molar-refractivity contribution in [2.75, 3.05) is 5.73 Å². The van der Waals surface area contributed by atoms with Crippen LogP contribution in [0.2, 0.25) is 0 Å². The average molecular weight is 267 g/mol. The van der Waals surface area contributed by atoms with Crippen LogP contribution in [0.5, 0.6) is 0 Å². The number of rotatable bonds is 2. The van der Waals surface area contributed by atoms with Gasteiger partial charge in [-0.2, -0.15) is 5.10 Å². The van der Waals surface area contributed by atoms with E-state index in [2.05, 4.69) is 31.2 Å². The minimum absolute atomic E-state index is 0.595. The summed E-state index contributed by atoms with van der Waals surface area (Å²) in [5, 5.41) is 4.73. The predicted molar refractivity (Wildman–Crippen MR) is 80.7 cm³/mol. The van der Waals surface area contributed by atoms with Gasteiger partial charge in [-0.15, -0.1) is 0 Å². The number of hydrogen-bond donors (Lipinski definition) is 1. The third kappa shape index (κ3) is 1.49. The summed E-state index contributed by atoms with van der Waals surface area (Å²) in [5.74, 6) is 2.90. The first kappa shape index (κ1) is 12.0. The molecule has 2 aliphatic carbocycles. The van der Waals surface area contributed by atoms with Gasteiger partial charge in [0, 0.05) is 18.5 Å². The van der Waals surface area contributed by atoms with Crippen LogP contribution < -0.4 is 5.73 Å². The van der Waals surface area contributed by atoms with E-state index >= 15 is 0 Å². The first-order chi connectivity index (χ1) is 9.72. The molecule has 0 saturated heterocycles. The largest absolute Gasteiger partial charge is 0.384 e. The summed E-state index contributed by atoms with van der Waals surface area (Å²) in [6.07, 6.45) is 3.50. The summed E-state index contributed by atoms with van der Waals surface area (Å²) in [7, 11) is 1.96. The highest BCUT2D eigenvalue weighted by Gasteiger charge is 2.55. The molecule has 2 N–H and O–H groups in total. The molecule has 0 bridgehead atoms. The number of anilines is 1. The van der Waals surface area contributed by atoms with Gasteiger partial charge in [0.1, 0.15) is 5.82 Å². The van der Waals surface area contributed by atoms with Crippen molar-refractivity contribution in [1.82, 2.24) is 9.78 Å². The smallest absolute Gasteiger partial charge is 0.124 e. The number of aryl methyl sites for hydroxylation is 2. The van der Waals surface area contributed by atoms with Crippen molar-refractivity contribution in [1.29, 1.82) is 0 Å². The first-order valence-corrected chi connectivity index (χ1v) is 7.61. The van der Waals surface area contributed by atoms with Crippen LogP contribution in [0.1, 0.15) is 47.6 Å². The molecule has 3 nitrogen and oxygen atoms in total. The van der Waals surface area contributed by atoms with Gasteiger partial charge in [0.2, 0.25) is 0 Å². The fourth-order valence-electron chi connectivity index (χ4n) is 4.17. The van der Waals surface area contributed by atoms with E-state index in [0.717, 1.165) is 18.2 Å². The molecule has 2 aromatic rings. The lowest BCUT2D eigenvalue weighted by molar-refractivity contribution is 0.653. The zero-order valence-electron chi connectivity index (χ0n) is 12.1. The maximum atomic E-state index is 6.16. The summed E-state index contributed by atoms with van der Waals surface area (Å²) in [4.78, 5) is 0. The lowest BCUT2D eigenvalue weighted by Crippen LogP contribution is -2.00. The van der Waals surface area contributed by atoms with E-state index in [9.17, 15) is 0 Å². The number of aromatic nitrogens is 2. The second-order valence-electron chi connectivity index (χ2n) is 6.18. The summed E-state index contributed by atoms with van der Waals surface area (Å²) in [6.45, 7) is 2.18. The maximum absolute atomic E-state index is 6.16. The normalized spacial score (nSPS) is 27.0. The van der Waals surface area contributed by atoms with Gasteiger partial charge in [-0.3, -0.25) is 4.68 Å². The fraction of sp³-hybridized carbons (Fsp3) is 0.471. The van der Waals surface area contributed by atoms with Crippen LogP contribution in [0, 0.1) is 5.92 Å². The number of nitrogen functional groups attached to an aromatic ring is 1. The number of nitrogens with zero attached hydrogens (tertiary/aromatic N) is 2. The molecule has 1 aromatic carbocycles. The molecule has 0 spiro atoms. The molecule has 3 heteroatoms. The van der Waals surface area contributed by atoms with Gasteiger partial charge in [0.05, 0.1) is 5.69 Å². The highest BCUT2D eigenvalue weighted by molar-refractivity contribution is 5.51. The third-order valence-corrected chi connectivity index (χ3v) is 5.22. The topological polar surface area (TPSA) is 43.8 Å². The zero-order valence-corrected chi connectivity index (χ0v) is 12.1. The average Bonchev–Trinajstić information content (AvgIpc) is 3.14. The molecule has 0 aliphatic heterocycles. The van der Waals surface area contributed by atoms with Crippen molar-refractivity contribution < 1.29 is 0 Å². The van der Waals surface area contributed by atoms with Gasteiger partial charge in [0.25, 0.3) is 0 Å². The molecule has 104 valence electrons. The molecule has 1 fully saturated rings. The Hall–Kier alpha value is -1.77. The maximum Gasteiger partial charge on any atom is 0.124 e. The Morgan fingerprint density at radius 3 is 2.90 bits per heavy atom. The van der Waals surface area contributed by atoms with E-state index in [1.165, 1.54) is 24.1 Å². The molecule has 1 aromatic heterocycles. The highest BCUT2D eigenvalue weighted by atomic mass is 15.3. The van der Waals surface area contributed by atoms with Crippen molar-refractivity contribution in [2.45, 2.75) is 38.0 Å². The van der Waals surface area contributed by atoms with E-state index in [-0.39, 0.29) is 0 Å². The highest BCUT2D eigenvalue weighted by Crippen LogP contribution is 2.65. The summed E-state index contributed by atoms with van der Waals surface area (Å²) in [6, 6.07) is 8.93. The van der Waals surface area contributed by atoms with Crippen LogP contribution in [0.15, 0.2) is 24.3 Å². The van der Waals surface area contributed by atoms with Crippen LogP contribution in [-0.2, 0) is 19.9 Å². The second-order valence-corrected chi connectivity index (χ2v) is 6.18. The molecule has 20 heavy (non-hydrogen) atoms. The molecule has 0 amide bonds. The summed E-state index contributed by atoms with van der Waals surface area (Å²) < 4.78 is 1.85. The summed E-state index contributed by atoms with van der Waals surface area (Å²) >= 11 is 0. The minimum atomic E-state index is 0.595. The standard InChI is InChI=1S/C17H21N3/c1-3-11-16(19-20(2)17(11)18)15-13-9-8-10-6-4-5-7-12(10)14(13)15/h4-7,13-15H,3,8-9,18H2,1-2H3. The Labute approximate surface area is 119 Å². The Balaban J connectivity index is 1.76. The van der Waals surface area contributed by atoms with Crippen molar-refractivity contribution in [2.24, 2.45) is 13.0 Å². The molecule has 3 atom stereocenters. The van der Waals surface area contributed by atoms with E-state index in [1.807, 2.05) is 11.7 Å². The number of hydrogen-bond acceptors (Lipinski definition) is 2. The molecule has 0 radical (unpaired) electrons. The molecular formula is C17H21N3. The first-order valence-electron chi connectivity index (χ1n) is 7.61. The van der Waals surface area contributed by atoms with Crippen LogP contribution in [0.3, 0.4) is 0 Å².